The first-order valence-corrected chi connectivity index (χ1v) is 6.45. The number of aliphatic hydroxyl groups excluding tert-OH is 1. The summed E-state index contributed by atoms with van der Waals surface area (Å²) >= 11 is 0. The van der Waals surface area contributed by atoms with Crippen molar-refractivity contribution in [3.05, 3.63) is 0 Å². The Kier molecular flexibility index (Phi) is 2.60. The van der Waals surface area contributed by atoms with Gasteiger partial charge in [0.1, 0.15) is 0 Å². The molecule has 2 fully saturated rings. The van der Waals surface area contributed by atoms with Gasteiger partial charge in [-0.15, -0.1) is 0 Å². The van der Waals surface area contributed by atoms with Gasteiger partial charge in [0.05, 0.1) is 6.10 Å². The molecule has 0 saturated heterocycles. The molecule has 2 bridgehead atoms. The van der Waals surface area contributed by atoms with Gasteiger partial charge in [0.15, 0.2) is 0 Å². The quantitative estimate of drug-likeness (QED) is 0.706. The summed E-state index contributed by atoms with van der Waals surface area (Å²) < 4.78 is 26.4. The molecule has 2 aliphatic carbocycles. The lowest BCUT2D eigenvalue weighted by Crippen LogP contribution is -2.39. The van der Waals surface area contributed by atoms with Crippen molar-refractivity contribution in [2.75, 3.05) is 6.61 Å². The van der Waals surface area contributed by atoms with E-state index in [2.05, 4.69) is 6.92 Å². The average molecular weight is 234 g/mol. The smallest absolute Gasteiger partial charge is 0.257 e. The minimum Gasteiger partial charge on any atom is -0.396 e. The zero-order valence-corrected chi connectivity index (χ0v) is 10.00. The predicted molar refractivity (Wildman–Crippen MR) is 55.8 cm³/mol. The maximum atomic E-state index is 10.7. The summed E-state index contributed by atoms with van der Waals surface area (Å²) in [5.41, 5.74) is -0.178. The SMILES string of the molecule is CC1C(O[SH](=O)=O)C2(C)CCC1(CO)C2. The van der Waals surface area contributed by atoms with Crippen molar-refractivity contribution < 1.29 is 17.7 Å². The first kappa shape index (κ1) is 11.4. The first-order valence-electron chi connectivity index (χ1n) is 5.36. The monoisotopic (exact) mass is 234 g/mol. The summed E-state index contributed by atoms with van der Waals surface area (Å²) in [5, 5.41) is 9.47. The van der Waals surface area contributed by atoms with Crippen LogP contribution in [0.1, 0.15) is 33.1 Å². The molecule has 2 rings (SSSR count). The van der Waals surface area contributed by atoms with Crippen molar-refractivity contribution in [2.45, 2.75) is 39.2 Å². The number of aliphatic hydroxyl groups is 1. The van der Waals surface area contributed by atoms with Crippen LogP contribution in [0.25, 0.3) is 0 Å². The number of hydrogen-bond acceptors (Lipinski definition) is 4. The van der Waals surface area contributed by atoms with Crippen molar-refractivity contribution in [2.24, 2.45) is 16.7 Å². The van der Waals surface area contributed by atoms with E-state index in [9.17, 15) is 13.5 Å². The zero-order chi connectivity index (χ0) is 11.3. The predicted octanol–water partition coefficient (Wildman–Crippen LogP) is 0.717. The Bertz CT molecular complexity index is 332. The molecule has 0 amide bonds. The number of hydrogen-bond donors (Lipinski definition) is 2. The number of fused-ring (bicyclic) bond motifs is 2. The Hall–Kier alpha value is -0.130. The Morgan fingerprint density at radius 3 is 2.60 bits per heavy atom. The van der Waals surface area contributed by atoms with Crippen molar-refractivity contribution in [1.82, 2.24) is 0 Å². The standard InChI is InChI=1S/C10H18O4S/c1-7-8(14-15(12)13)9(2)3-4-10(7,5-9)6-11/h7-8,11,15H,3-6H2,1-2H3. The van der Waals surface area contributed by atoms with Gasteiger partial charge in [-0.1, -0.05) is 13.8 Å². The lowest BCUT2D eigenvalue weighted by Gasteiger charge is -2.37. The first-order chi connectivity index (χ1) is 6.93. The van der Waals surface area contributed by atoms with Gasteiger partial charge in [0, 0.05) is 6.61 Å². The lowest BCUT2D eigenvalue weighted by atomic mass is 9.73. The van der Waals surface area contributed by atoms with Gasteiger partial charge < -0.3 is 5.11 Å². The van der Waals surface area contributed by atoms with Crippen LogP contribution in [0.3, 0.4) is 0 Å². The summed E-state index contributed by atoms with van der Waals surface area (Å²) in [6, 6.07) is 0. The summed E-state index contributed by atoms with van der Waals surface area (Å²) in [5.74, 6) is 0.120. The van der Waals surface area contributed by atoms with Gasteiger partial charge >= 0.3 is 0 Å². The van der Waals surface area contributed by atoms with Crippen LogP contribution in [0, 0.1) is 16.7 Å². The van der Waals surface area contributed by atoms with Gasteiger partial charge in [-0.2, -0.15) is 0 Å². The maximum Gasteiger partial charge on any atom is 0.257 e. The summed E-state index contributed by atoms with van der Waals surface area (Å²) in [6.07, 6.45) is 2.56. The van der Waals surface area contributed by atoms with Crippen LogP contribution in [0.2, 0.25) is 0 Å². The van der Waals surface area contributed by atoms with Gasteiger partial charge in [0.25, 0.3) is 11.0 Å². The van der Waals surface area contributed by atoms with E-state index in [0.717, 1.165) is 19.3 Å². The van der Waals surface area contributed by atoms with Crippen LogP contribution in [-0.2, 0) is 15.2 Å². The van der Waals surface area contributed by atoms with E-state index in [1.165, 1.54) is 0 Å². The molecule has 15 heavy (non-hydrogen) atoms. The zero-order valence-electron chi connectivity index (χ0n) is 9.10. The highest BCUT2D eigenvalue weighted by Crippen LogP contribution is 2.64. The van der Waals surface area contributed by atoms with Gasteiger partial charge in [-0.25, -0.2) is 8.42 Å². The molecule has 1 N–H and O–H groups in total. The van der Waals surface area contributed by atoms with Crippen LogP contribution in [-0.4, -0.2) is 26.2 Å². The molecule has 0 aromatic carbocycles. The molecule has 0 heterocycles. The third-order valence-electron chi connectivity index (χ3n) is 4.57. The third kappa shape index (κ3) is 1.52. The fraction of sp³-hybridized carbons (Fsp3) is 1.00. The molecule has 0 aromatic rings. The minimum atomic E-state index is -2.79. The molecule has 4 unspecified atom stereocenters. The van der Waals surface area contributed by atoms with Crippen LogP contribution in [0.5, 0.6) is 0 Å². The topological polar surface area (TPSA) is 63.6 Å². The van der Waals surface area contributed by atoms with Crippen molar-refractivity contribution in [3.8, 4) is 0 Å². The number of thiol groups is 1. The Morgan fingerprint density at radius 2 is 2.13 bits per heavy atom. The van der Waals surface area contributed by atoms with Crippen molar-refractivity contribution in [1.29, 1.82) is 0 Å². The number of rotatable bonds is 3. The van der Waals surface area contributed by atoms with E-state index < -0.39 is 11.0 Å². The molecule has 0 aliphatic heterocycles. The van der Waals surface area contributed by atoms with Crippen LogP contribution >= 0.6 is 0 Å². The van der Waals surface area contributed by atoms with Crippen molar-refractivity contribution in [3.63, 3.8) is 0 Å². The van der Waals surface area contributed by atoms with Crippen LogP contribution in [0.15, 0.2) is 0 Å². The Labute approximate surface area is 91.8 Å². The molecule has 2 aliphatic rings. The molecule has 88 valence electrons. The largest absolute Gasteiger partial charge is 0.396 e. The van der Waals surface area contributed by atoms with E-state index in [-0.39, 0.29) is 29.5 Å². The van der Waals surface area contributed by atoms with E-state index in [4.69, 9.17) is 4.18 Å². The fourth-order valence-electron chi connectivity index (χ4n) is 3.66. The molecule has 4 atom stereocenters. The van der Waals surface area contributed by atoms with E-state index in [0.29, 0.717) is 0 Å². The van der Waals surface area contributed by atoms with Crippen LogP contribution in [0.4, 0.5) is 0 Å². The maximum absolute atomic E-state index is 10.7. The van der Waals surface area contributed by atoms with Gasteiger partial charge in [0.2, 0.25) is 0 Å². The minimum absolute atomic E-state index is 0.0719. The molecule has 0 radical (unpaired) electrons. The lowest BCUT2D eigenvalue weighted by molar-refractivity contribution is 0.00708. The normalized spacial score (nSPS) is 49.1. The third-order valence-corrected chi connectivity index (χ3v) is 4.97. The average Bonchev–Trinajstić information content (AvgIpc) is 2.61. The second-order valence-electron chi connectivity index (χ2n) is 5.39. The Balaban J connectivity index is 2.28. The Morgan fingerprint density at radius 1 is 1.47 bits per heavy atom. The van der Waals surface area contributed by atoms with Crippen molar-refractivity contribution >= 4 is 11.0 Å². The van der Waals surface area contributed by atoms with Gasteiger partial charge in [-0.3, -0.25) is 4.18 Å². The summed E-state index contributed by atoms with van der Waals surface area (Å²) in [4.78, 5) is 0. The second-order valence-corrected chi connectivity index (χ2v) is 6.05. The molecule has 4 nitrogen and oxygen atoms in total. The highest BCUT2D eigenvalue weighted by atomic mass is 32.2. The molecular weight excluding hydrogens is 216 g/mol. The van der Waals surface area contributed by atoms with E-state index >= 15 is 0 Å². The van der Waals surface area contributed by atoms with E-state index in [1.807, 2.05) is 6.92 Å². The summed E-state index contributed by atoms with van der Waals surface area (Å²) in [6.45, 7) is 4.20. The summed E-state index contributed by atoms with van der Waals surface area (Å²) in [7, 11) is -2.79. The van der Waals surface area contributed by atoms with Crippen LogP contribution < -0.4 is 0 Å². The highest BCUT2D eigenvalue weighted by molar-refractivity contribution is 7.67. The second kappa shape index (κ2) is 3.43. The molecule has 0 spiro atoms. The molecule has 0 aromatic heterocycles. The highest BCUT2D eigenvalue weighted by Gasteiger charge is 2.62. The van der Waals surface area contributed by atoms with E-state index in [1.54, 1.807) is 0 Å². The molecule has 2 saturated carbocycles. The molecular formula is C10H18O4S. The van der Waals surface area contributed by atoms with Gasteiger partial charge in [-0.05, 0) is 36.0 Å². The molecule has 5 heteroatoms. The fourth-order valence-corrected chi connectivity index (χ4v) is 4.28.